The van der Waals surface area contributed by atoms with E-state index in [0.29, 0.717) is 0 Å². The summed E-state index contributed by atoms with van der Waals surface area (Å²) in [4.78, 5) is 0. The summed E-state index contributed by atoms with van der Waals surface area (Å²) in [6.07, 6.45) is 3.90. The fraction of sp³-hybridized carbons (Fsp3) is 1.00. The van der Waals surface area contributed by atoms with Crippen molar-refractivity contribution < 1.29 is 18.0 Å². The zero-order valence-corrected chi connectivity index (χ0v) is 11.2. The van der Waals surface area contributed by atoms with Gasteiger partial charge in [0, 0.05) is 40.2 Å². The topological polar surface area (TPSA) is 36.9 Å². The van der Waals surface area contributed by atoms with E-state index >= 15 is 0 Å². The molecule has 0 aromatic heterocycles. The summed E-state index contributed by atoms with van der Waals surface area (Å²) in [6.45, 7) is 2.13. The third-order valence-corrected chi connectivity index (χ3v) is 5.90. The molecule has 0 bridgehead atoms. The van der Waals surface area contributed by atoms with Gasteiger partial charge in [-0.3, -0.25) is 0 Å². The van der Waals surface area contributed by atoms with Gasteiger partial charge in [0.05, 0.1) is 0 Å². The molecular formula is C10H22O4Si. The first-order valence-electron chi connectivity index (χ1n) is 5.51. The number of rotatable bonds is 5. The molecule has 1 atom stereocenters. The Hall–Kier alpha value is 0.0569. The fourth-order valence-corrected chi connectivity index (χ4v) is 4.44. The van der Waals surface area contributed by atoms with Crippen molar-refractivity contribution in [3.8, 4) is 0 Å². The zero-order chi connectivity index (χ0) is 11.4. The molecule has 1 rings (SSSR count). The van der Waals surface area contributed by atoms with Crippen LogP contribution >= 0.6 is 0 Å². The number of hydrogen-bond acceptors (Lipinski definition) is 4. The van der Waals surface area contributed by atoms with Gasteiger partial charge in [-0.1, -0.05) is 13.3 Å². The predicted molar refractivity (Wildman–Crippen MR) is 59.5 cm³/mol. The van der Waals surface area contributed by atoms with E-state index in [-0.39, 0.29) is 0 Å². The van der Waals surface area contributed by atoms with Gasteiger partial charge < -0.3 is 18.0 Å². The van der Waals surface area contributed by atoms with Gasteiger partial charge in [-0.05, 0) is 6.42 Å². The molecule has 1 unspecified atom stereocenters. The molecule has 0 radical (unpaired) electrons. The smallest absolute Gasteiger partial charge is 0.377 e. The van der Waals surface area contributed by atoms with Gasteiger partial charge in [-0.2, -0.15) is 0 Å². The molecule has 0 amide bonds. The normalized spacial score (nSPS) is 30.4. The Bertz CT molecular complexity index is 192. The van der Waals surface area contributed by atoms with Crippen LogP contribution in [0.5, 0.6) is 0 Å². The van der Waals surface area contributed by atoms with Crippen molar-refractivity contribution in [2.24, 2.45) is 0 Å². The first kappa shape index (κ1) is 13.1. The van der Waals surface area contributed by atoms with Crippen molar-refractivity contribution in [2.45, 2.75) is 44.4 Å². The fourth-order valence-electron chi connectivity index (χ4n) is 2.13. The van der Waals surface area contributed by atoms with Crippen molar-refractivity contribution >= 4 is 8.80 Å². The van der Waals surface area contributed by atoms with Crippen molar-refractivity contribution in [1.82, 2.24) is 0 Å². The lowest BCUT2D eigenvalue weighted by Gasteiger charge is -2.43. The van der Waals surface area contributed by atoms with Crippen LogP contribution in [-0.4, -0.2) is 35.9 Å². The van der Waals surface area contributed by atoms with Crippen LogP contribution in [-0.2, 0) is 18.0 Å². The van der Waals surface area contributed by atoms with Gasteiger partial charge >= 0.3 is 8.80 Å². The van der Waals surface area contributed by atoms with Crippen LogP contribution in [0.3, 0.4) is 0 Å². The summed E-state index contributed by atoms with van der Waals surface area (Å²) in [5.41, 5.74) is 0. The molecular weight excluding hydrogens is 212 g/mol. The minimum atomic E-state index is -2.45. The molecule has 1 aliphatic heterocycles. The molecule has 1 fully saturated rings. The van der Waals surface area contributed by atoms with Crippen LogP contribution in [0, 0.1) is 0 Å². The minimum Gasteiger partial charge on any atom is -0.377 e. The highest BCUT2D eigenvalue weighted by molar-refractivity contribution is 6.60. The van der Waals surface area contributed by atoms with Crippen LogP contribution in [0.4, 0.5) is 0 Å². The minimum absolute atomic E-state index is 0.481. The van der Waals surface area contributed by atoms with E-state index < -0.39 is 14.6 Å². The molecule has 4 nitrogen and oxygen atoms in total. The molecule has 0 aliphatic carbocycles. The number of methoxy groups -OCH3 is 1. The lowest BCUT2D eigenvalue weighted by molar-refractivity contribution is -0.210. The van der Waals surface area contributed by atoms with E-state index in [0.717, 1.165) is 31.7 Å². The summed E-state index contributed by atoms with van der Waals surface area (Å²) in [7, 11) is 2.57. The van der Waals surface area contributed by atoms with E-state index in [2.05, 4.69) is 6.92 Å². The van der Waals surface area contributed by atoms with Gasteiger partial charge in [-0.15, -0.1) is 0 Å². The van der Waals surface area contributed by atoms with Crippen molar-refractivity contribution in [3.63, 3.8) is 0 Å². The molecule has 0 spiro atoms. The maximum absolute atomic E-state index is 6.02. The molecule has 1 saturated heterocycles. The van der Waals surface area contributed by atoms with Crippen LogP contribution in [0.25, 0.3) is 0 Å². The quantitative estimate of drug-likeness (QED) is 0.683. The second kappa shape index (κ2) is 5.40. The monoisotopic (exact) mass is 234 g/mol. The molecule has 90 valence electrons. The third-order valence-electron chi connectivity index (χ3n) is 3.01. The molecule has 5 heteroatoms. The van der Waals surface area contributed by atoms with E-state index in [1.165, 1.54) is 0 Å². The molecule has 0 saturated carbocycles. The van der Waals surface area contributed by atoms with E-state index in [1.54, 1.807) is 21.3 Å². The van der Waals surface area contributed by atoms with Gasteiger partial charge in [0.25, 0.3) is 0 Å². The van der Waals surface area contributed by atoms with Crippen molar-refractivity contribution in [1.29, 1.82) is 0 Å². The molecule has 1 aliphatic rings. The third kappa shape index (κ3) is 2.79. The maximum atomic E-state index is 6.02. The molecule has 0 N–H and O–H groups in total. The van der Waals surface area contributed by atoms with Crippen LogP contribution < -0.4 is 0 Å². The summed E-state index contributed by atoms with van der Waals surface area (Å²) in [5.74, 6) is -0.481. The second-order valence-electron chi connectivity index (χ2n) is 3.91. The second-order valence-corrected chi connectivity index (χ2v) is 6.80. The van der Waals surface area contributed by atoms with E-state index in [9.17, 15) is 0 Å². The highest BCUT2D eigenvalue weighted by Gasteiger charge is 2.50. The van der Waals surface area contributed by atoms with Crippen LogP contribution in [0.2, 0.25) is 6.04 Å². The van der Waals surface area contributed by atoms with E-state index in [1.807, 2.05) is 0 Å². The van der Waals surface area contributed by atoms with Crippen molar-refractivity contribution in [3.05, 3.63) is 0 Å². The average Bonchev–Trinajstić information content (AvgIpc) is 2.29. The van der Waals surface area contributed by atoms with Gasteiger partial charge in [0.2, 0.25) is 0 Å². The lowest BCUT2D eigenvalue weighted by atomic mass is 10.1. The van der Waals surface area contributed by atoms with Crippen LogP contribution in [0.15, 0.2) is 0 Å². The highest BCUT2D eigenvalue weighted by atomic mass is 28.4. The lowest BCUT2D eigenvalue weighted by Crippen LogP contribution is -2.56. The first-order valence-corrected chi connectivity index (χ1v) is 7.44. The Morgan fingerprint density at radius 1 is 1.27 bits per heavy atom. The average molecular weight is 234 g/mol. The van der Waals surface area contributed by atoms with Crippen molar-refractivity contribution in [2.75, 3.05) is 21.3 Å². The van der Waals surface area contributed by atoms with Gasteiger partial charge in [0.15, 0.2) is 5.79 Å². The largest absolute Gasteiger partial charge is 0.502 e. The van der Waals surface area contributed by atoms with Gasteiger partial charge in [0.1, 0.15) is 0 Å². The summed E-state index contributed by atoms with van der Waals surface area (Å²) >= 11 is 0. The Balaban J connectivity index is 2.75. The SMILES string of the molecule is CCCC1(OC)CCC[Si](OC)(OC)O1. The Morgan fingerprint density at radius 2 is 1.93 bits per heavy atom. The number of ether oxygens (including phenoxy) is 1. The molecule has 1 heterocycles. The first-order chi connectivity index (χ1) is 7.16. The Labute approximate surface area is 93.2 Å². The predicted octanol–water partition coefficient (Wildman–Crippen LogP) is 2.17. The highest BCUT2D eigenvalue weighted by Crippen LogP contribution is 2.37. The van der Waals surface area contributed by atoms with Crippen LogP contribution in [0.1, 0.15) is 32.6 Å². The Kier molecular flexibility index (Phi) is 4.73. The summed E-state index contributed by atoms with van der Waals surface area (Å²) < 4.78 is 22.4. The number of hydrogen-bond donors (Lipinski definition) is 0. The zero-order valence-electron chi connectivity index (χ0n) is 10.2. The molecule has 0 aromatic carbocycles. The molecule has 15 heavy (non-hydrogen) atoms. The standard InChI is InChI=1S/C10H22O4Si/c1-5-7-10(11-2)8-6-9-15(12-3,13-4)14-10/h5-9H2,1-4H3. The van der Waals surface area contributed by atoms with E-state index in [4.69, 9.17) is 18.0 Å². The maximum Gasteiger partial charge on any atom is 0.502 e. The van der Waals surface area contributed by atoms with Gasteiger partial charge in [-0.25, -0.2) is 0 Å². The Morgan fingerprint density at radius 3 is 2.40 bits per heavy atom. The molecule has 0 aromatic rings. The summed E-state index contributed by atoms with van der Waals surface area (Å²) in [5, 5.41) is 0. The summed E-state index contributed by atoms with van der Waals surface area (Å²) in [6, 6.07) is 0.884.